The fourth-order valence-corrected chi connectivity index (χ4v) is 2.91. The molecule has 3 atom stereocenters. The number of nitrogens with zero attached hydrogens (tertiary/aromatic N) is 2. The molecule has 0 heterocycles. The molecule has 0 aliphatic heterocycles. The molecule has 0 saturated carbocycles. The van der Waals surface area contributed by atoms with Crippen LogP contribution in [0.3, 0.4) is 0 Å². The molecule has 10 nitrogen and oxygen atoms in total. The molecule has 154 valence electrons. The lowest BCUT2D eigenvalue weighted by molar-refractivity contribution is -0.393. The molecular formula is C19H21N3O7. The molecule has 2 N–H and O–H groups in total. The molecule has 0 fully saturated rings. The number of nitrogens with one attached hydrogen (secondary N) is 1. The second kappa shape index (κ2) is 9.60. The molecule has 2 aromatic rings. The van der Waals surface area contributed by atoms with Gasteiger partial charge in [-0.2, -0.15) is 0 Å². The number of aliphatic hydroxyl groups excluding tert-OH is 1. The summed E-state index contributed by atoms with van der Waals surface area (Å²) in [5.41, 5.74) is -0.108. The quantitative estimate of drug-likeness (QED) is 0.369. The van der Waals surface area contributed by atoms with Crippen molar-refractivity contribution < 1.29 is 24.5 Å². The SMILES string of the molecule is COC(=O)[C@@H](C)[C@H](O)[C@H](Cc1ccccc1)Nc1ccc([N+](=O)[O-])cc1[N+](=O)[O-]. The van der Waals surface area contributed by atoms with Crippen LogP contribution < -0.4 is 5.32 Å². The average Bonchev–Trinajstić information content (AvgIpc) is 2.72. The summed E-state index contributed by atoms with van der Waals surface area (Å²) in [4.78, 5) is 32.7. The van der Waals surface area contributed by atoms with Crippen LogP contribution in [0.4, 0.5) is 17.1 Å². The van der Waals surface area contributed by atoms with Gasteiger partial charge in [0, 0.05) is 6.07 Å². The van der Waals surface area contributed by atoms with Crippen molar-refractivity contribution in [3.05, 3.63) is 74.3 Å². The molecule has 0 aliphatic carbocycles. The van der Waals surface area contributed by atoms with Crippen molar-refractivity contribution in [1.82, 2.24) is 0 Å². The van der Waals surface area contributed by atoms with Gasteiger partial charge >= 0.3 is 5.97 Å². The Bertz CT molecular complexity index is 889. The van der Waals surface area contributed by atoms with Crippen LogP contribution in [0.1, 0.15) is 12.5 Å². The molecule has 0 amide bonds. The maximum atomic E-state index is 11.9. The van der Waals surface area contributed by atoms with Crippen LogP contribution in [0.2, 0.25) is 0 Å². The third-order valence-corrected chi connectivity index (χ3v) is 4.53. The molecule has 0 aromatic heterocycles. The minimum atomic E-state index is -1.24. The molecule has 0 bridgehead atoms. The van der Waals surface area contributed by atoms with Crippen LogP contribution in [0.5, 0.6) is 0 Å². The van der Waals surface area contributed by atoms with E-state index >= 15 is 0 Å². The number of nitro benzene ring substituents is 2. The van der Waals surface area contributed by atoms with E-state index in [1.54, 1.807) is 12.1 Å². The highest BCUT2D eigenvalue weighted by atomic mass is 16.6. The number of hydrogen-bond acceptors (Lipinski definition) is 8. The summed E-state index contributed by atoms with van der Waals surface area (Å²) in [5.74, 6) is -1.53. The van der Waals surface area contributed by atoms with Crippen molar-refractivity contribution in [2.24, 2.45) is 5.92 Å². The van der Waals surface area contributed by atoms with E-state index in [4.69, 9.17) is 0 Å². The zero-order valence-corrected chi connectivity index (χ0v) is 15.8. The van der Waals surface area contributed by atoms with E-state index in [0.717, 1.165) is 17.7 Å². The highest BCUT2D eigenvalue weighted by Crippen LogP contribution is 2.31. The third-order valence-electron chi connectivity index (χ3n) is 4.53. The maximum Gasteiger partial charge on any atom is 0.311 e. The van der Waals surface area contributed by atoms with Crippen LogP contribution in [-0.2, 0) is 16.0 Å². The molecule has 0 unspecified atom stereocenters. The van der Waals surface area contributed by atoms with E-state index in [1.165, 1.54) is 20.1 Å². The number of anilines is 1. The van der Waals surface area contributed by atoms with Crippen molar-refractivity contribution in [3.8, 4) is 0 Å². The predicted molar refractivity (Wildman–Crippen MR) is 104 cm³/mol. The Hall–Kier alpha value is -3.53. The number of carbonyl (C=O) groups excluding carboxylic acids is 1. The Kier molecular flexibility index (Phi) is 7.21. The summed E-state index contributed by atoms with van der Waals surface area (Å²) in [6.45, 7) is 1.49. The minimum Gasteiger partial charge on any atom is -0.469 e. The van der Waals surface area contributed by atoms with Gasteiger partial charge in [0.2, 0.25) is 0 Å². The fourth-order valence-electron chi connectivity index (χ4n) is 2.91. The Labute approximate surface area is 166 Å². The molecular weight excluding hydrogens is 382 g/mol. The van der Waals surface area contributed by atoms with Crippen molar-refractivity contribution in [2.75, 3.05) is 12.4 Å². The molecule has 0 radical (unpaired) electrons. The first kappa shape index (κ1) is 21.8. The third kappa shape index (κ3) is 5.48. The largest absolute Gasteiger partial charge is 0.469 e. The average molecular weight is 403 g/mol. The molecule has 2 aromatic carbocycles. The van der Waals surface area contributed by atoms with E-state index in [0.29, 0.717) is 0 Å². The maximum absolute atomic E-state index is 11.9. The molecule has 29 heavy (non-hydrogen) atoms. The first-order chi connectivity index (χ1) is 13.7. The van der Waals surface area contributed by atoms with Gasteiger partial charge < -0.3 is 15.2 Å². The molecule has 0 spiro atoms. The summed E-state index contributed by atoms with van der Waals surface area (Å²) in [7, 11) is 1.20. The van der Waals surface area contributed by atoms with E-state index < -0.39 is 45.3 Å². The van der Waals surface area contributed by atoms with Gasteiger partial charge in [-0.25, -0.2) is 0 Å². The summed E-state index contributed by atoms with van der Waals surface area (Å²) in [6, 6.07) is 11.4. The monoisotopic (exact) mass is 403 g/mol. The van der Waals surface area contributed by atoms with Crippen LogP contribution in [0.15, 0.2) is 48.5 Å². The normalized spacial score (nSPS) is 13.8. The number of benzene rings is 2. The van der Waals surface area contributed by atoms with Gasteiger partial charge in [0.1, 0.15) is 5.69 Å². The summed E-state index contributed by atoms with van der Waals surface area (Å²) < 4.78 is 4.68. The second-order valence-corrected chi connectivity index (χ2v) is 6.46. The second-order valence-electron chi connectivity index (χ2n) is 6.46. The first-order valence-corrected chi connectivity index (χ1v) is 8.73. The number of hydrogen-bond donors (Lipinski definition) is 2. The lowest BCUT2D eigenvalue weighted by atomic mass is 9.92. The van der Waals surface area contributed by atoms with Gasteiger partial charge in [-0.1, -0.05) is 30.3 Å². The van der Waals surface area contributed by atoms with Gasteiger partial charge in [0.15, 0.2) is 0 Å². The number of rotatable bonds is 9. The van der Waals surface area contributed by atoms with E-state index in [9.17, 15) is 30.1 Å². The Balaban J connectivity index is 2.40. The summed E-state index contributed by atoms with van der Waals surface area (Å²) in [5, 5.41) is 35.9. The van der Waals surface area contributed by atoms with Gasteiger partial charge in [-0.05, 0) is 25.0 Å². The van der Waals surface area contributed by atoms with Gasteiger partial charge in [-0.15, -0.1) is 0 Å². The number of non-ortho nitro benzene ring substituents is 1. The van der Waals surface area contributed by atoms with Crippen molar-refractivity contribution in [3.63, 3.8) is 0 Å². The zero-order valence-electron chi connectivity index (χ0n) is 15.8. The standard InChI is InChI=1S/C19H21N3O7/c1-12(19(24)29-2)18(23)16(10-13-6-4-3-5-7-13)20-15-9-8-14(21(25)26)11-17(15)22(27)28/h3-9,11-12,16,18,20,23H,10H2,1-2H3/t12-,16-,18-/m0/s1. The first-order valence-electron chi connectivity index (χ1n) is 8.73. The lowest BCUT2D eigenvalue weighted by Crippen LogP contribution is -2.43. The predicted octanol–water partition coefficient (Wildman–Crippen LogP) is 2.70. The van der Waals surface area contributed by atoms with Crippen molar-refractivity contribution >= 4 is 23.0 Å². The van der Waals surface area contributed by atoms with Crippen LogP contribution in [0.25, 0.3) is 0 Å². The Morgan fingerprint density at radius 3 is 2.34 bits per heavy atom. The fraction of sp³-hybridized carbons (Fsp3) is 0.316. The van der Waals surface area contributed by atoms with E-state index in [2.05, 4.69) is 10.1 Å². The van der Waals surface area contributed by atoms with Crippen molar-refractivity contribution in [1.29, 1.82) is 0 Å². The molecule has 0 saturated heterocycles. The number of carbonyl (C=O) groups is 1. The number of aliphatic hydroxyl groups is 1. The number of nitro groups is 2. The van der Waals surface area contributed by atoms with E-state index in [1.807, 2.05) is 18.2 Å². The highest BCUT2D eigenvalue weighted by Gasteiger charge is 2.32. The lowest BCUT2D eigenvalue weighted by Gasteiger charge is -2.28. The molecule has 0 aliphatic rings. The summed E-state index contributed by atoms with van der Waals surface area (Å²) in [6.07, 6.45) is -0.991. The topological polar surface area (TPSA) is 145 Å². The van der Waals surface area contributed by atoms with Crippen LogP contribution >= 0.6 is 0 Å². The minimum absolute atomic E-state index is 0.00218. The van der Waals surface area contributed by atoms with Crippen LogP contribution in [-0.4, -0.2) is 40.2 Å². The smallest absolute Gasteiger partial charge is 0.311 e. The number of methoxy groups -OCH3 is 1. The Morgan fingerprint density at radius 1 is 1.14 bits per heavy atom. The van der Waals surface area contributed by atoms with Crippen molar-refractivity contribution in [2.45, 2.75) is 25.5 Å². The summed E-state index contributed by atoms with van der Waals surface area (Å²) >= 11 is 0. The van der Waals surface area contributed by atoms with Gasteiger partial charge in [0.05, 0.1) is 41.1 Å². The molecule has 10 heteroatoms. The number of esters is 1. The van der Waals surface area contributed by atoms with Gasteiger partial charge in [-0.3, -0.25) is 25.0 Å². The number of ether oxygens (including phenoxy) is 1. The highest BCUT2D eigenvalue weighted by molar-refractivity contribution is 5.73. The molecule has 2 rings (SSSR count). The van der Waals surface area contributed by atoms with Gasteiger partial charge in [0.25, 0.3) is 11.4 Å². The van der Waals surface area contributed by atoms with Crippen LogP contribution in [0, 0.1) is 26.1 Å². The zero-order chi connectivity index (χ0) is 21.6. The van der Waals surface area contributed by atoms with E-state index in [-0.39, 0.29) is 12.1 Å². The Morgan fingerprint density at radius 2 is 1.79 bits per heavy atom.